The minimum atomic E-state index is 0.783. The third-order valence-electron chi connectivity index (χ3n) is 7.38. The van der Waals surface area contributed by atoms with Crippen molar-refractivity contribution in [3.05, 3.63) is 140 Å². The summed E-state index contributed by atoms with van der Waals surface area (Å²) in [6.07, 6.45) is 13.2. The summed E-state index contributed by atoms with van der Waals surface area (Å²) in [6, 6.07) is 34.0. The molecule has 4 nitrogen and oxygen atoms in total. The van der Waals surface area contributed by atoms with E-state index in [-0.39, 0.29) is 0 Å². The molecule has 41 heavy (non-hydrogen) atoms. The second-order valence-corrected chi connectivity index (χ2v) is 10.1. The third kappa shape index (κ3) is 5.05. The van der Waals surface area contributed by atoms with E-state index in [4.69, 9.17) is 9.98 Å². The van der Waals surface area contributed by atoms with Crippen LogP contribution in [0.25, 0.3) is 21.5 Å². The quantitative estimate of drug-likeness (QED) is 0.113. The molecule has 0 spiro atoms. The Morgan fingerprint density at radius 2 is 1.44 bits per heavy atom. The fraction of sp³-hybridized carbons (Fsp3) is 0.135. The Labute approximate surface area is 242 Å². The van der Waals surface area contributed by atoms with Crippen molar-refractivity contribution >= 4 is 50.3 Å². The van der Waals surface area contributed by atoms with E-state index in [1.54, 1.807) is 0 Å². The van der Waals surface area contributed by atoms with Crippen molar-refractivity contribution < 1.29 is 0 Å². The van der Waals surface area contributed by atoms with Gasteiger partial charge in [0, 0.05) is 45.7 Å². The molecule has 2 heterocycles. The van der Waals surface area contributed by atoms with Crippen LogP contribution in [-0.2, 0) is 0 Å². The monoisotopic (exact) mass is 534 g/mol. The van der Waals surface area contributed by atoms with Crippen LogP contribution in [0.4, 0.5) is 22.9 Å². The number of nitrogens with zero attached hydrogens (tertiary/aromatic N) is 4. The Kier molecular flexibility index (Phi) is 7.72. The summed E-state index contributed by atoms with van der Waals surface area (Å²) in [4.78, 5) is 14.5. The van der Waals surface area contributed by atoms with Gasteiger partial charge in [0.05, 0.1) is 11.4 Å². The molecule has 0 saturated carbocycles. The number of pyridine rings is 1. The highest BCUT2D eigenvalue weighted by Crippen LogP contribution is 2.48. The molecule has 0 amide bonds. The smallest absolute Gasteiger partial charge is 0.137 e. The first-order valence-corrected chi connectivity index (χ1v) is 14.3. The molecule has 0 saturated heterocycles. The topological polar surface area (TPSA) is 31.7 Å². The molecule has 0 unspecified atom stereocenters. The first-order chi connectivity index (χ1) is 20.3. The van der Waals surface area contributed by atoms with Gasteiger partial charge >= 0.3 is 0 Å². The van der Waals surface area contributed by atoms with Crippen LogP contribution in [0, 0.1) is 0 Å². The van der Waals surface area contributed by atoms with E-state index in [0.29, 0.717) is 0 Å². The van der Waals surface area contributed by atoms with Crippen LogP contribution in [-0.4, -0.2) is 17.4 Å². The van der Waals surface area contributed by atoms with Gasteiger partial charge in [-0.1, -0.05) is 105 Å². The lowest BCUT2D eigenvalue weighted by molar-refractivity contribution is 0.879. The van der Waals surface area contributed by atoms with Crippen molar-refractivity contribution in [3.8, 4) is 0 Å². The van der Waals surface area contributed by atoms with Gasteiger partial charge in [0.15, 0.2) is 0 Å². The SMILES string of the molecule is C=C/C=C(\CCC)N(C1=NCCC=C1)c1c2ccccc2c(N(c2ccccc2)c2ccccn2)c2ccccc12. The van der Waals surface area contributed by atoms with Crippen LogP contribution in [0.2, 0.25) is 0 Å². The number of anilines is 4. The molecule has 5 aromatic rings. The van der Waals surface area contributed by atoms with Gasteiger partial charge in [0.2, 0.25) is 0 Å². The largest absolute Gasteiger partial charge is 0.298 e. The average Bonchev–Trinajstić information content (AvgIpc) is 3.04. The Morgan fingerprint density at radius 3 is 2.00 bits per heavy atom. The Balaban J connectivity index is 1.74. The number of amidine groups is 1. The molecule has 6 rings (SSSR count). The summed E-state index contributed by atoms with van der Waals surface area (Å²) in [7, 11) is 0. The van der Waals surface area contributed by atoms with Crippen LogP contribution >= 0.6 is 0 Å². The molecule has 0 aliphatic carbocycles. The number of aromatic nitrogens is 1. The zero-order valence-corrected chi connectivity index (χ0v) is 23.4. The number of benzene rings is 4. The maximum Gasteiger partial charge on any atom is 0.137 e. The standard InChI is InChI=1S/C37H34N4/c1-3-16-28(17-4-2)40(34-24-12-14-26-38-34)36-30-20-8-10-22-32(30)37(33-23-11-9-21-31(33)36)41(29-18-6-5-7-19-29)35-25-13-15-27-39-35/h3,5-13,15-16,18-25,27H,1,4,14,17,26H2,2H3/b28-16+. The number of para-hydroxylation sites is 1. The van der Waals surface area contributed by atoms with E-state index in [2.05, 4.69) is 126 Å². The molecule has 202 valence electrons. The maximum absolute atomic E-state index is 5.02. The zero-order valence-electron chi connectivity index (χ0n) is 23.4. The van der Waals surface area contributed by atoms with Crippen molar-refractivity contribution in [2.45, 2.75) is 26.2 Å². The van der Waals surface area contributed by atoms with E-state index in [0.717, 1.165) is 76.1 Å². The van der Waals surface area contributed by atoms with E-state index >= 15 is 0 Å². The van der Waals surface area contributed by atoms with Crippen molar-refractivity contribution in [2.24, 2.45) is 4.99 Å². The predicted octanol–water partition coefficient (Wildman–Crippen LogP) is 9.89. The summed E-state index contributed by atoms with van der Waals surface area (Å²) in [6.45, 7) is 7.06. The number of fused-ring (bicyclic) bond motifs is 2. The van der Waals surface area contributed by atoms with Crippen molar-refractivity contribution in [1.29, 1.82) is 0 Å². The molecular weight excluding hydrogens is 500 g/mol. The number of allylic oxidation sites excluding steroid dienone is 3. The van der Waals surface area contributed by atoms with Crippen molar-refractivity contribution in [3.63, 3.8) is 0 Å². The van der Waals surface area contributed by atoms with Gasteiger partial charge in [-0.05, 0) is 49.3 Å². The fourth-order valence-electron chi connectivity index (χ4n) is 5.71. The molecular formula is C37H34N4. The number of hydrogen-bond donors (Lipinski definition) is 0. The lowest BCUT2D eigenvalue weighted by Crippen LogP contribution is -2.31. The minimum Gasteiger partial charge on any atom is -0.298 e. The molecule has 0 bridgehead atoms. The molecule has 1 aliphatic heterocycles. The summed E-state index contributed by atoms with van der Waals surface area (Å²) < 4.78 is 0. The molecule has 4 aromatic carbocycles. The Bertz CT molecular complexity index is 1670. The zero-order chi connectivity index (χ0) is 28.0. The van der Waals surface area contributed by atoms with Crippen LogP contribution in [0.5, 0.6) is 0 Å². The molecule has 4 heteroatoms. The highest BCUT2D eigenvalue weighted by molar-refractivity contribution is 6.26. The predicted molar refractivity (Wildman–Crippen MR) is 176 cm³/mol. The van der Waals surface area contributed by atoms with Gasteiger partial charge < -0.3 is 0 Å². The summed E-state index contributed by atoms with van der Waals surface area (Å²) >= 11 is 0. The average molecular weight is 535 g/mol. The minimum absolute atomic E-state index is 0.783. The number of dihydropyridines is 1. The van der Waals surface area contributed by atoms with Crippen LogP contribution in [0.1, 0.15) is 26.2 Å². The van der Waals surface area contributed by atoms with Crippen molar-refractivity contribution in [2.75, 3.05) is 16.3 Å². The second-order valence-electron chi connectivity index (χ2n) is 10.1. The lowest BCUT2D eigenvalue weighted by atomic mass is 9.95. The first kappa shape index (κ1) is 26.3. The van der Waals surface area contributed by atoms with Crippen molar-refractivity contribution in [1.82, 2.24) is 4.98 Å². The molecule has 0 radical (unpaired) electrons. The van der Waals surface area contributed by atoms with Gasteiger partial charge in [-0.25, -0.2) is 4.98 Å². The van der Waals surface area contributed by atoms with E-state index in [1.165, 1.54) is 5.70 Å². The maximum atomic E-state index is 5.02. The molecule has 0 fully saturated rings. The van der Waals surface area contributed by atoms with Gasteiger partial charge in [-0.3, -0.25) is 14.8 Å². The van der Waals surface area contributed by atoms with Gasteiger partial charge in [0.1, 0.15) is 11.7 Å². The summed E-state index contributed by atoms with van der Waals surface area (Å²) in [5, 5.41) is 4.61. The number of hydrogen-bond acceptors (Lipinski definition) is 4. The highest BCUT2D eigenvalue weighted by Gasteiger charge is 2.27. The summed E-state index contributed by atoms with van der Waals surface area (Å²) in [5.74, 6) is 1.84. The number of rotatable bonds is 8. The molecule has 1 aliphatic rings. The van der Waals surface area contributed by atoms with Crippen LogP contribution < -0.4 is 9.80 Å². The van der Waals surface area contributed by atoms with Crippen LogP contribution in [0.15, 0.2) is 145 Å². The fourth-order valence-corrected chi connectivity index (χ4v) is 5.71. The summed E-state index contributed by atoms with van der Waals surface area (Å²) in [5.41, 5.74) is 4.49. The molecule has 0 N–H and O–H groups in total. The first-order valence-electron chi connectivity index (χ1n) is 14.3. The third-order valence-corrected chi connectivity index (χ3v) is 7.38. The van der Waals surface area contributed by atoms with E-state index in [1.807, 2.05) is 24.4 Å². The number of aliphatic imine (C=N–C) groups is 1. The van der Waals surface area contributed by atoms with E-state index in [9.17, 15) is 0 Å². The van der Waals surface area contributed by atoms with Crippen LogP contribution in [0.3, 0.4) is 0 Å². The van der Waals surface area contributed by atoms with Gasteiger partial charge in [0.25, 0.3) is 0 Å². The van der Waals surface area contributed by atoms with E-state index < -0.39 is 0 Å². The Hall–Kier alpha value is -4.96. The van der Waals surface area contributed by atoms with Gasteiger partial charge in [-0.15, -0.1) is 0 Å². The molecule has 1 aromatic heterocycles. The highest BCUT2D eigenvalue weighted by atomic mass is 15.2. The second kappa shape index (κ2) is 12.1. The van der Waals surface area contributed by atoms with Gasteiger partial charge in [-0.2, -0.15) is 0 Å². The normalized spacial score (nSPS) is 13.3. The molecule has 0 atom stereocenters. The lowest BCUT2D eigenvalue weighted by Gasteiger charge is -2.33. The Morgan fingerprint density at radius 1 is 0.805 bits per heavy atom.